The third-order valence-electron chi connectivity index (χ3n) is 5.03. The molecule has 1 heterocycles. The number of benzene rings is 1. The lowest BCUT2D eigenvalue weighted by Crippen LogP contribution is -2.46. The molecule has 7 heteroatoms. The maximum absolute atomic E-state index is 11.6. The van der Waals surface area contributed by atoms with Gasteiger partial charge in [-0.05, 0) is 44.2 Å². The van der Waals surface area contributed by atoms with Crippen molar-refractivity contribution < 1.29 is 9.53 Å². The summed E-state index contributed by atoms with van der Waals surface area (Å²) in [7, 11) is 1.70. The summed E-state index contributed by atoms with van der Waals surface area (Å²) in [6.45, 7) is 7.38. The zero-order valence-corrected chi connectivity index (χ0v) is 18.0. The highest BCUT2D eigenvalue weighted by Crippen LogP contribution is 2.25. The largest absolute Gasteiger partial charge is 0.487 e. The van der Waals surface area contributed by atoms with Gasteiger partial charge in [0.2, 0.25) is 5.91 Å². The van der Waals surface area contributed by atoms with E-state index in [1.165, 1.54) is 0 Å². The Labute approximate surface area is 173 Å². The van der Waals surface area contributed by atoms with Crippen molar-refractivity contribution in [2.24, 2.45) is 10.9 Å². The van der Waals surface area contributed by atoms with Crippen LogP contribution < -0.4 is 15.4 Å². The first-order chi connectivity index (χ1) is 13.6. The number of guanidine groups is 1. The number of piperidine rings is 1. The number of hydrogen-bond acceptors (Lipinski definition) is 3. The second kappa shape index (κ2) is 11.8. The van der Waals surface area contributed by atoms with Gasteiger partial charge in [0.15, 0.2) is 5.96 Å². The molecule has 2 rings (SSSR count). The normalized spacial score (nSPS) is 16.6. The van der Waals surface area contributed by atoms with Crippen molar-refractivity contribution in [3.63, 3.8) is 0 Å². The van der Waals surface area contributed by atoms with Crippen LogP contribution in [0.15, 0.2) is 29.3 Å². The lowest BCUT2D eigenvalue weighted by atomic mass is 9.93. The summed E-state index contributed by atoms with van der Waals surface area (Å²) in [5.74, 6) is 2.20. The molecule has 2 N–H and O–H groups in total. The Morgan fingerprint density at radius 1 is 1.32 bits per heavy atom. The minimum absolute atomic E-state index is 0.0284. The molecule has 1 unspecified atom stereocenters. The van der Waals surface area contributed by atoms with Gasteiger partial charge in [-0.1, -0.05) is 30.7 Å². The molecule has 1 aliphatic rings. The van der Waals surface area contributed by atoms with E-state index in [1.807, 2.05) is 24.3 Å². The Morgan fingerprint density at radius 3 is 2.64 bits per heavy atom. The Bertz CT molecular complexity index is 645. The van der Waals surface area contributed by atoms with Crippen LogP contribution in [0.25, 0.3) is 0 Å². The molecule has 1 aromatic rings. The summed E-state index contributed by atoms with van der Waals surface area (Å²) in [6.07, 6.45) is 3.44. The first kappa shape index (κ1) is 22.3. The van der Waals surface area contributed by atoms with Crippen molar-refractivity contribution in [1.82, 2.24) is 15.5 Å². The number of nitrogens with zero attached hydrogens (tertiary/aromatic N) is 2. The number of halogens is 1. The maximum Gasteiger partial charge on any atom is 0.220 e. The van der Waals surface area contributed by atoms with Gasteiger partial charge in [0.1, 0.15) is 11.9 Å². The molecular weight excluding hydrogens is 376 g/mol. The van der Waals surface area contributed by atoms with E-state index in [0.29, 0.717) is 29.7 Å². The average molecular weight is 409 g/mol. The van der Waals surface area contributed by atoms with Gasteiger partial charge in [0, 0.05) is 33.1 Å². The standard InChI is InChI=1S/C21H33ClN4O2/c1-4-17(28-19-9-7-6-8-18(19)22)15-25-21(24-5-2)26-12-10-16(11-13-26)14-20(27)23-3/h6-9,16-17H,4-5,10-15H2,1-3H3,(H,23,27)(H,24,25). The van der Waals surface area contributed by atoms with E-state index >= 15 is 0 Å². The smallest absolute Gasteiger partial charge is 0.220 e. The monoisotopic (exact) mass is 408 g/mol. The quantitative estimate of drug-likeness (QED) is 0.511. The fraction of sp³-hybridized carbons (Fsp3) is 0.619. The fourth-order valence-corrected chi connectivity index (χ4v) is 3.48. The molecule has 0 radical (unpaired) electrons. The molecule has 1 aromatic carbocycles. The Balaban J connectivity index is 1.94. The molecule has 1 amide bonds. The van der Waals surface area contributed by atoms with E-state index < -0.39 is 0 Å². The van der Waals surface area contributed by atoms with E-state index in [-0.39, 0.29) is 12.0 Å². The van der Waals surface area contributed by atoms with Crippen molar-refractivity contribution in [3.05, 3.63) is 29.3 Å². The van der Waals surface area contributed by atoms with Gasteiger partial charge in [-0.25, -0.2) is 4.99 Å². The van der Waals surface area contributed by atoms with E-state index in [9.17, 15) is 4.79 Å². The number of para-hydroxylation sites is 1. The third kappa shape index (κ3) is 6.89. The molecule has 1 atom stereocenters. The van der Waals surface area contributed by atoms with Crippen LogP contribution in [0, 0.1) is 5.92 Å². The average Bonchev–Trinajstić information content (AvgIpc) is 2.72. The second-order valence-electron chi connectivity index (χ2n) is 7.08. The third-order valence-corrected chi connectivity index (χ3v) is 5.34. The highest BCUT2D eigenvalue weighted by Gasteiger charge is 2.23. The Hall–Kier alpha value is -1.95. The summed E-state index contributed by atoms with van der Waals surface area (Å²) in [5, 5.41) is 6.73. The summed E-state index contributed by atoms with van der Waals surface area (Å²) in [4.78, 5) is 18.7. The zero-order valence-electron chi connectivity index (χ0n) is 17.2. The second-order valence-corrected chi connectivity index (χ2v) is 7.49. The van der Waals surface area contributed by atoms with Crippen LogP contribution in [-0.2, 0) is 4.79 Å². The van der Waals surface area contributed by atoms with E-state index in [4.69, 9.17) is 21.3 Å². The van der Waals surface area contributed by atoms with Gasteiger partial charge in [-0.15, -0.1) is 0 Å². The van der Waals surface area contributed by atoms with Gasteiger partial charge >= 0.3 is 0 Å². The van der Waals surface area contributed by atoms with Crippen molar-refractivity contribution in [2.45, 2.75) is 45.6 Å². The molecule has 6 nitrogen and oxygen atoms in total. The highest BCUT2D eigenvalue weighted by molar-refractivity contribution is 6.32. The van der Waals surface area contributed by atoms with Crippen LogP contribution in [0.4, 0.5) is 0 Å². The van der Waals surface area contributed by atoms with E-state index in [1.54, 1.807) is 7.05 Å². The molecular formula is C21H33ClN4O2. The lowest BCUT2D eigenvalue weighted by Gasteiger charge is -2.34. The van der Waals surface area contributed by atoms with E-state index in [2.05, 4.69) is 29.4 Å². The van der Waals surface area contributed by atoms with Crippen molar-refractivity contribution >= 4 is 23.5 Å². The predicted octanol–water partition coefficient (Wildman–Crippen LogP) is 3.31. The first-order valence-electron chi connectivity index (χ1n) is 10.2. The topological polar surface area (TPSA) is 66.0 Å². The van der Waals surface area contributed by atoms with Crippen molar-refractivity contribution in [3.8, 4) is 5.75 Å². The van der Waals surface area contributed by atoms with Crippen LogP contribution in [0.1, 0.15) is 39.5 Å². The number of aliphatic imine (C=N–C) groups is 1. The fourth-order valence-electron chi connectivity index (χ4n) is 3.30. The summed E-state index contributed by atoms with van der Waals surface area (Å²) in [6, 6.07) is 7.53. The lowest BCUT2D eigenvalue weighted by molar-refractivity contribution is -0.121. The minimum Gasteiger partial charge on any atom is -0.487 e. The maximum atomic E-state index is 11.6. The van der Waals surface area contributed by atoms with E-state index in [0.717, 1.165) is 44.9 Å². The molecule has 156 valence electrons. The van der Waals surface area contributed by atoms with Gasteiger partial charge < -0.3 is 20.3 Å². The molecule has 0 bridgehead atoms. The first-order valence-corrected chi connectivity index (χ1v) is 10.6. The molecule has 1 fully saturated rings. The summed E-state index contributed by atoms with van der Waals surface area (Å²) in [5.41, 5.74) is 0. The summed E-state index contributed by atoms with van der Waals surface area (Å²) < 4.78 is 6.05. The summed E-state index contributed by atoms with van der Waals surface area (Å²) >= 11 is 6.21. The number of ether oxygens (including phenoxy) is 1. The Kier molecular flexibility index (Phi) is 9.41. The van der Waals surface area contributed by atoms with Crippen LogP contribution >= 0.6 is 11.6 Å². The van der Waals surface area contributed by atoms with Crippen molar-refractivity contribution in [1.29, 1.82) is 0 Å². The molecule has 0 spiro atoms. The Morgan fingerprint density at radius 2 is 2.04 bits per heavy atom. The zero-order chi connectivity index (χ0) is 20.4. The predicted molar refractivity (Wildman–Crippen MR) is 115 cm³/mol. The number of carbonyl (C=O) groups is 1. The van der Waals surface area contributed by atoms with Crippen LogP contribution in [0.5, 0.6) is 5.75 Å². The molecule has 1 aliphatic heterocycles. The number of amides is 1. The minimum atomic E-state index is -0.0284. The van der Waals surface area contributed by atoms with Crippen molar-refractivity contribution in [2.75, 3.05) is 33.2 Å². The van der Waals surface area contributed by atoms with Gasteiger partial charge in [0.25, 0.3) is 0 Å². The number of nitrogens with one attached hydrogen (secondary N) is 2. The van der Waals surface area contributed by atoms with Crippen LogP contribution in [0.3, 0.4) is 0 Å². The van der Waals surface area contributed by atoms with Gasteiger partial charge in [0.05, 0.1) is 11.6 Å². The number of likely N-dealkylation sites (tertiary alicyclic amines) is 1. The number of rotatable bonds is 8. The van der Waals surface area contributed by atoms with Crippen LogP contribution in [0.2, 0.25) is 5.02 Å². The SMILES string of the molecule is CCNC(=NCC(CC)Oc1ccccc1Cl)N1CCC(CC(=O)NC)CC1. The molecule has 1 saturated heterocycles. The molecule has 0 aromatic heterocycles. The number of carbonyl (C=O) groups excluding carboxylic acids is 1. The molecule has 0 saturated carbocycles. The van der Waals surface area contributed by atoms with Gasteiger partial charge in [-0.3, -0.25) is 4.79 Å². The molecule has 0 aliphatic carbocycles. The van der Waals surface area contributed by atoms with Crippen LogP contribution in [-0.4, -0.2) is 56.1 Å². The molecule has 28 heavy (non-hydrogen) atoms. The highest BCUT2D eigenvalue weighted by atomic mass is 35.5. The van der Waals surface area contributed by atoms with Gasteiger partial charge in [-0.2, -0.15) is 0 Å². The number of hydrogen-bond donors (Lipinski definition) is 2.